The second kappa shape index (κ2) is 9.14. The normalized spacial score (nSPS) is 25.3. The van der Waals surface area contributed by atoms with Crippen LogP contribution in [0.1, 0.15) is 11.3 Å². The Morgan fingerprint density at radius 3 is 1.63 bits per heavy atom. The quantitative estimate of drug-likeness (QED) is 0.706. The minimum Gasteiger partial charge on any atom is -0.379 e. The number of benzene rings is 1. The van der Waals surface area contributed by atoms with Gasteiger partial charge in [-0.1, -0.05) is 30.3 Å². The van der Waals surface area contributed by atoms with Gasteiger partial charge in [-0.3, -0.25) is 9.46 Å². The van der Waals surface area contributed by atoms with E-state index in [0.29, 0.717) is 65.8 Å². The average molecular weight is 395 g/mol. The fraction of sp³-hybridized carbons (Fsp3) is 0.684. The zero-order valence-corrected chi connectivity index (χ0v) is 16.8. The lowest BCUT2D eigenvalue weighted by atomic mass is 10.2. The summed E-state index contributed by atoms with van der Waals surface area (Å²) in [5.74, 6) is -0.154. The molecule has 1 aromatic carbocycles. The molecule has 3 fully saturated rings. The van der Waals surface area contributed by atoms with E-state index < -0.39 is 7.44 Å². The molecule has 7 nitrogen and oxygen atoms in total. The van der Waals surface area contributed by atoms with E-state index in [9.17, 15) is 4.57 Å². The minimum absolute atomic E-state index is 0.154. The number of ether oxygens (including phenoxy) is 3. The molecule has 27 heavy (non-hydrogen) atoms. The fourth-order valence-corrected chi connectivity index (χ4v) is 7.90. The Morgan fingerprint density at radius 2 is 1.15 bits per heavy atom. The number of hydrogen-bond donors (Lipinski definition) is 0. The summed E-state index contributed by atoms with van der Waals surface area (Å²) >= 11 is 0. The van der Waals surface area contributed by atoms with Gasteiger partial charge in [0.2, 0.25) is 7.44 Å². The Labute approximate surface area is 161 Å². The zero-order valence-electron chi connectivity index (χ0n) is 15.9. The molecule has 8 heteroatoms. The summed E-state index contributed by atoms with van der Waals surface area (Å²) in [4.78, 5) is 2.37. The van der Waals surface area contributed by atoms with Gasteiger partial charge in [0.15, 0.2) is 0 Å². The molecule has 0 aromatic heterocycles. The van der Waals surface area contributed by atoms with Crippen LogP contribution < -0.4 is 0 Å². The maximum atomic E-state index is 15.0. The van der Waals surface area contributed by atoms with Crippen LogP contribution in [0.4, 0.5) is 0 Å². The topological polar surface area (TPSA) is 54.5 Å². The van der Waals surface area contributed by atoms with Gasteiger partial charge in [-0.2, -0.15) is 0 Å². The third-order valence-electron chi connectivity index (χ3n) is 5.59. The third-order valence-corrected chi connectivity index (χ3v) is 9.28. The Hall–Kier alpha value is -0.790. The number of rotatable bonds is 5. The lowest BCUT2D eigenvalue weighted by Crippen LogP contribution is -2.49. The molecular weight excluding hydrogens is 365 g/mol. The van der Waals surface area contributed by atoms with Crippen molar-refractivity contribution in [2.75, 3.05) is 78.9 Å². The van der Waals surface area contributed by atoms with Crippen molar-refractivity contribution in [1.82, 2.24) is 14.2 Å². The monoisotopic (exact) mass is 395 g/mol. The second-order valence-electron chi connectivity index (χ2n) is 7.15. The van der Waals surface area contributed by atoms with Gasteiger partial charge < -0.3 is 14.2 Å². The van der Waals surface area contributed by atoms with Crippen molar-refractivity contribution >= 4 is 7.44 Å². The van der Waals surface area contributed by atoms with Crippen LogP contribution in [-0.4, -0.2) is 93.2 Å². The average Bonchev–Trinajstić information content (AvgIpc) is 2.76. The van der Waals surface area contributed by atoms with E-state index in [4.69, 9.17) is 14.2 Å². The van der Waals surface area contributed by atoms with Crippen LogP contribution in [0.25, 0.3) is 0 Å². The molecule has 0 amide bonds. The van der Waals surface area contributed by atoms with E-state index in [1.54, 1.807) is 0 Å². The summed E-state index contributed by atoms with van der Waals surface area (Å²) < 4.78 is 36.1. The summed E-state index contributed by atoms with van der Waals surface area (Å²) in [6, 6.07) is 10.4. The molecule has 150 valence electrons. The molecule has 1 aromatic rings. The molecule has 0 spiro atoms. The van der Waals surface area contributed by atoms with Crippen LogP contribution in [0.3, 0.4) is 0 Å². The summed E-state index contributed by atoms with van der Waals surface area (Å²) in [5.41, 5.74) is 1.13. The van der Waals surface area contributed by atoms with Crippen molar-refractivity contribution in [3.05, 3.63) is 35.9 Å². The predicted molar refractivity (Wildman–Crippen MR) is 104 cm³/mol. The molecule has 3 heterocycles. The van der Waals surface area contributed by atoms with Crippen molar-refractivity contribution in [3.8, 4) is 0 Å². The van der Waals surface area contributed by atoms with Crippen molar-refractivity contribution in [3.63, 3.8) is 0 Å². The van der Waals surface area contributed by atoms with Crippen LogP contribution in [-0.2, 0) is 18.8 Å². The molecule has 0 bridgehead atoms. The summed E-state index contributed by atoms with van der Waals surface area (Å²) in [6.07, 6.45) is 0. The number of nitrogens with zero attached hydrogens (tertiary/aromatic N) is 3. The molecule has 4 rings (SSSR count). The highest BCUT2D eigenvalue weighted by atomic mass is 31.2. The Morgan fingerprint density at radius 1 is 0.704 bits per heavy atom. The minimum atomic E-state index is -2.89. The predicted octanol–water partition coefficient (Wildman–Crippen LogP) is 1.87. The first kappa shape index (κ1) is 19.5. The van der Waals surface area contributed by atoms with Crippen molar-refractivity contribution in [2.45, 2.75) is 5.78 Å². The van der Waals surface area contributed by atoms with E-state index in [1.807, 2.05) is 18.2 Å². The van der Waals surface area contributed by atoms with E-state index >= 15 is 0 Å². The smallest absolute Gasteiger partial charge is 0.237 e. The summed E-state index contributed by atoms with van der Waals surface area (Å²) in [5, 5.41) is 0. The lowest BCUT2D eigenvalue weighted by Gasteiger charge is -2.49. The first-order chi connectivity index (χ1) is 13.3. The molecular formula is C19H30N3O4P. The van der Waals surface area contributed by atoms with E-state index in [-0.39, 0.29) is 5.78 Å². The van der Waals surface area contributed by atoms with Gasteiger partial charge in [0.25, 0.3) is 0 Å². The summed E-state index contributed by atoms with van der Waals surface area (Å²) in [6.45, 7) is 8.38. The van der Waals surface area contributed by atoms with Gasteiger partial charge in [0.05, 0.1) is 39.6 Å². The van der Waals surface area contributed by atoms with E-state index in [1.165, 1.54) is 0 Å². The third kappa shape index (κ3) is 4.15. The highest BCUT2D eigenvalue weighted by molar-refractivity contribution is 7.59. The van der Waals surface area contributed by atoms with Crippen LogP contribution >= 0.6 is 7.44 Å². The maximum absolute atomic E-state index is 15.0. The Balaban J connectivity index is 1.75. The lowest BCUT2D eigenvalue weighted by molar-refractivity contribution is 0.0199. The molecule has 0 aliphatic carbocycles. The van der Waals surface area contributed by atoms with Crippen LogP contribution in [0, 0.1) is 0 Å². The van der Waals surface area contributed by atoms with Gasteiger partial charge in [-0.05, 0) is 5.56 Å². The molecule has 0 radical (unpaired) electrons. The highest BCUT2D eigenvalue weighted by Crippen LogP contribution is 2.65. The van der Waals surface area contributed by atoms with Crippen LogP contribution in [0.5, 0.6) is 0 Å². The van der Waals surface area contributed by atoms with E-state index in [2.05, 4.69) is 26.4 Å². The van der Waals surface area contributed by atoms with Crippen molar-refractivity contribution in [1.29, 1.82) is 0 Å². The Kier molecular flexibility index (Phi) is 6.61. The van der Waals surface area contributed by atoms with Crippen molar-refractivity contribution in [2.24, 2.45) is 0 Å². The SMILES string of the molecule is O=P([C@@H](c1ccccc1)N1CCOCC1)(N1CCOCC1)N1CCOCC1. The molecule has 0 unspecified atom stereocenters. The van der Waals surface area contributed by atoms with Gasteiger partial charge in [-0.15, -0.1) is 0 Å². The van der Waals surface area contributed by atoms with Crippen LogP contribution in [0.2, 0.25) is 0 Å². The van der Waals surface area contributed by atoms with Gasteiger partial charge in [0.1, 0.15) is 5.78 Å². The zero-order chi connectivity index (χ0) is 18.5. The first-order valence-corrected chi connectivity index (χ1v) is 11.6. The summed E-state index contributed by atoms with van der Waals surface area (Å²) in [7, 11) is -2.89. The molecule has 3 aliphatic rings. The number of hydrogen-bond acceptors (Lipinski definition) is 5. The number of morpholine rings is 3. The van der Waals surface area contributed by atoms with Gasteiger partial charge in [0, 0.05) is 39.3 Å². The standard InChI is InChI=1S/C19H30N3O4P/c23-27(21-8-14-25-15-9-21,22-10-16-26-17-11-22)19(18-4-2-1-3-5-18)20-6-12-24-13-7-20/h1-5,19H,6-17H2/t19-/m0/s1. The highest BCUT2D eigenvalue weighted by Gasteiger charge is 2.48. The van der Waals surface area contributed by atoms with Gasteiger partial charge >= 0.3 is 0 Å². The Bertz CT molecular complexity index is 607. The molecule has 1 atom stereocenters. The van der Waals surface area contributed by atoms with Crippen LogP contribution in [0.15, 0.2) is 30.3 Å². The fourth-order valence-electron chi connectivity index (χ4n) is 4.23. The maximum Gasteiger partial charge on any atom is 0.237 e. The van der Waals surface area contributed by atoms with Crippen molar-refractivity contribution < 1.29 is 18.8 Å². The van der Waals surface area contributed by atoms with Gasteiger partial charge in [-0.25, -0.2) is 9.34 Å². The molecule has 0 N–H and O–H groups in total. The second-order valence-corrected chi connectivity index (χ2v) is 9.95. The molecule has 3 aliphatic heterocycles. The molecule has 3 saturated heterocycles. The first-order valence-electron chi connectivity index (χ1n) is 9.93. The largest absolute Gasteiger partial charge is 0.379 e. The molecule has 0 saturated carbocycles. The van der Waals surface area contributed by atoms with E-state index in [0.717, 1.165) is 18.7 Å².